The molecule has 1 fully saturated rings. The molecule has 1 saturated heterocycles. The van der Waals surface area contributed by atoms with Crippen LogP contribution in [-0.2, 0) is 11.2 Å². The zero-order valence-electron chi connectivity index (χ0n) is 15.2. The number of amides is 1. The molecule has 1 aliphatic heterocycles. The second-order valence-electron chi connectivity index (χ2n) is 6.55. The normalized spacial score (nSPS) is 17.0. The van der Waals surface area contributed by atoms with Crippen LogP contribution < -0.4 is 10.1 Å². The van der Waals surface area contributed by atoms with E-state index in [4.69, 9.17) is 4.74 Å². The first kappa shape index (κ1) is 18.2. The number of hydrogen-bond acceptors (Lipinski definition) is 4. The fraction of sp³-hybridized carbons (Fsp3) is 0.400. The number of piperidine rings is 1. The molecule has 0 spiro atoms. The lowest BCUT2D eigenvalue weighted by Gasteiger charge is -2.33. The zero-order chi connectivity index (χ0) is 18.5. The minimum atomic E-state index is -0.439. The number of ether oxygens (including phenoxy) is 1. The lowest BCUT2D eigenvalue weighted by molar-refractivity contribution is -0.131. The summed E-state index contributed by atoms with van der Waals surface area (Å²) in [6.07, 6.45) is 4.01. The van der Waals surface area contributed by atoms with Crippen molar-refractivity contribution in [3.05, 3.63) is 53.5 Å². The lowest BCUT2D eigenvalue weighted by atomic mass is 9.91. The molecule has 0 saturated carbocycles. The van der Waals surface area contributed by atoms with Crippen molar-refractivity contribution in [2.75, 3.05) is 32.6 Å². The average Bonchev–Trinajstić information content (AvgIpc) is 2.68. The molecule has 0 bridgehead atoms. The van der Waals surface area contributed by atoms with Crippen molar-refractivity contribution >= 4 is 11.7 Å². The fourth-order valence-corrected chi connectivity index (χ4v) is 3.42. The van der Waals surface area contributed by atoms with Crippen molar-refractivity contribution in [3.63, 3.8) is 0 Å². The van der Waals surface area contributed by atoms with E-state index in [1.165, 1.54) is 18.7 Å². The number of carbonyl (C=O) groups is 1. The van der Waals surface area contributed by atoms with Crippen molar-refractivity contribution in [1.29, 1.82) is 0 Å². The number of halogens is 1. The van der Waals surface area contributed by atoms with Crippen molar-refractivity contribution in [1.82, 2.24) is 9.88 Å². The van der Waals surface area contributed by atoms with E-state index in [1.807, 2.05) is 24.1 Å². The van der Waals surface area contributed by atoms with Crippen LogP contribution in [0.3, 0.4) is 0 Å². The highest BCUT2D eigenvalue weighted by atomic mass is 19.1. The standard InChI is InChI=1S/C20H24FN3O2/c1-22-19-12-15(7-8-23-19)16-4-3-9-24(13-16)20(25)11-14-5-6-18(26-2)17(21)10-14/h5-8,10,12,16H,3-4,9,11,13H2,1-2H3,(H,22,23)/t16-/m1/s1. The molecule has 2 aromatic rings. The van der Waals surface area contributed by atoms with E-state index in [-0.39, 0.29) is 18.1 Å². The Morgan fingerprint density at radius 2 is 2.23 bits per heavy atom. The van der Waals surface area contributed by atoms with Gasteiger partial charge in [-0.1, -0.05) is 6.07 Å². The number of pyridine rings is 1. The van der Waals surface area contributed by atoms with Crippen molar-refractivity contribution in [2.24, 2.45) is 0 Å². The van der Waals surface area contributed by atoms with E-state index >= 15 is 0 Å². The first-order valence-electron chi connectivity index (χ1n) is 8.84. The molecule has 0 radical (unpaired) electrons. The summed E-state index contributed by atoms with van der Waals surface area (Å²) >= 11 is 0. The Balaban J connectivity index is 1.67. The van der Waals surface area contributed by atoms with Gasteiger partial charge in [0.05, 0.1) is 13.5 Å². The van der Waals surface area contributed by atoms with Gasteiger partial charge in [-0.25, -0.2) is 9.37 Å². The average molecular weight is 357 g/mol. The highest BCUT2D eigenvalue weighted by Crippen LogP contribution is 2.28. The summed E-state index contributed by atoms with van der Waals surface area (Å²) in [4.78, 5) is 18.8. The molecule has 1 aliphatic rings. The Kier molecular flexibility index (Phi) is 5.71. The molecule has 1 N–H and O–H groups in total. The maximum atomic E-state index is 13.8. The molecule has 5 nitrogen and oxygen atoms in total. The molecule has 1 aromatic heterocycles. The van der Waals surface area contributed by atoms with E-state index in [0.717, 1.165) is 25.2 Å². The summed E-state index contributed by atoms with van der Waals surface area (Å²) in [5, 5.41) is 3.05. The van der Waals surface area contributed by atoms with Crippen LogP contribution in [0.2, 0.25) is 0 Å². The van der Waals surface area contributed by atoms with Crippen molar-refractivity contribution < 1.29 is 13.9 Å². The number of carbonyl (C=O) groups excluding carboxylic acids is 1. The van der Waals surface area contributed by atoms with Gasteiger partial charge >= 0.3 is 0 Å². The summed E-state index contributed by atoms with van der Waals surface area (Å²) in [6, 6.07) is 8.73. The summed E-state index contributed by atoms with van der Waals surface area (Å²) in [7, 11) is 3.27. The molecular formula is C20H24FN3O2. The van der Waals surface area contributed by atoms with E-state index in [0.29, 0.717) is 18.0 Å². The quantitative estimate of drug-likeness (QED) is 0.893. The number of hydrogen-bond donors (Lipinski definition) is 1. The third-order valence-electron chi connectivity index (χ3n) is 4.86. The predicted molar refractivity (Wildman–Crippen MR) is 99.0 cm³/mol. The van der Waals surface area contributed by atoms with Gasteiger partial charge in [0, 0.05) is 32.3 Å². The number of likely N-dealkylation sites (tertiary alicyclic amines) is 1. The minimum Gasteiger partial charge on any atom is -0.494 e. The number of anilines is 1. The van der Waals surface area contributed by atoms with Crippen LogP contribution in [-0.4, -0.2) is 43.0 Å². The highest BCUT2D eigenvalue weighted by Gasteiger charge is 2.25. The number of nitrogens with zero attached hydrogens (tertiary/aromatic N) is 2. The van der Waals surface area contributed by atoms with Gasteiger partial charge in [-0.15, -0.1) is 0 Å². The van der Waals surface area contributed by atoms with Crippen LogP contribution >= 0.6 is 0 Å². The van der Waals surface area contributed by atoms with Gasteiger partial charge in [-0.05, 0) is 48.2 Å². The number of nitrogens with one attached hydrogen (secondary N) is 1. The van der Waals surface area contributed by atoms with E-state index < -0.39 is 5.82 Å². The molecular weight excluding hydrogens is 333 g/mol. The first-order valence-corrected chi connectivity index (χ1v) is 8.84. The SMILES string of the molecule is CNc1cc([C@@H]2CCCN(C(=O)Cc3ccc(OC)c(F)c3)C2)ccn1. The van der Waals surface area contributed by atoms with Gasteiger partial charge in [0.25, 0.3) is 0 Å². The molecule has 3 rings (SSSR count). The molecule has 1 amide bonds. The van der Waals surface area contributed by atoms with Crippen LogP contribution in [0.4, 0.5) is 10.2 Å². The smallest absolute Gasteiger partial charge is 0.227 e. The zero-order valence-corrected chi connectivity index (χ0v) is 15.2. The van der Waals surface area contributed by atoms with Gasteiger partial charge in [-0.3, -0.25) is 4.79 Å². The molecule has 0 unspecified atom stereocenters. The molecule has 138 valence electrons. The van der Waals surface area contributed by atoms with Gasteiger partial charge in [-0.2, -0.15) is 0 Å². The summed E-state index contributed by atoms with van der Waals surface area (Å²) < 4.78 is 18.8. The summed E-state index contributed by atoms with van der Waals surface area (Å²) in [6.45, 7) is 1.43. The Hall–Kier alpha value is -2.63. The van der Waals surface area contributed by atoms with Gasteiger partial charge in [0.1, 0.15) is 5.82 Å². The molecule has 1 aromatic carbocycles. The maximum absolute atomic E-state index is 13.8. The van der Waals surface area contributed by atoms with Gasteiger partial charge in [0.2, 0.25) is 5.91 Å². The Morgan fingerprint density at radius 1 is 1.38 bits per heavy atom. The van der Waals surface area contributed by atoms with E-state index in [9.17, 15) is 9.18 Å². The van der Waals surface area contributed by atoms with Gasteiger partial charge in [0.15, 0.2) is 11.6 Å². The largest absolute Gasteiger partial charge is 0.494 e. The molecule has 0 aliphatic carbocycles. The second kappa shape index (κ2) is 8.17. The maximum Gasteiger partial charge on any atom is 0.227 e. The van der Waals surface area contributed by atoms with Crippen molar-refractivity contribution in [2.45, 2.75) is 25.2 Å². The number of methoxy groups -OCH3 is 1. The molecule has 2 heterocycles. The van der Waals surface area contributed by atoms with Crippen LogP contribution in [0.15, 0.2) is 36.5 Å². The highest BCUT2D eigenvalue weighted by molar-refractivity contribution is 5.79. The van der Waals surface area contributed by atoms with E-state index in [1.54, 1.807) is 18.3 Å². The van der Waals surface area contributed by atoms with Gasteiger partial charge < -0.3 is 15.0 Å². The lowest BCUT2D eigenvalue weighted by Crippen LogP contribution is -2.40. The van der Waals surface area contributed by atoms with Crippen LogP contribution in [0.25, 0.3) is 0 Å². The summed E-state index contributed by atoms with van der Waals surface area (Å²) in [5.41, 5.74) is 1.86. The predicted octanol–water partition coefficient (Wildman–Crippen LogP) is 3.22. The number of benzene rings is 1. The Labute approximate surface area is 153 Å². The topological polar surface area (TPSA) is 54.5 Å². The minimum absolute atomic E-state index is 0.0298. The fourth-order valence-electron chi connectivity index (χ4n) is 3.42. The third-order valence-corrected chi connectivity index (χ3v) is 4.86. The monoisotopic (exact) mass is 357 g/mol. The van der Waals surface area contributed by atoms with Crippen LogP contribution in [0.5, 0.6) is 5.75 Å². The third kappa shape index (κ3) is 4.12. The summed E-state index contributed by atoms with van der Waals surface area (Å²) in [5.74, 6) is 0.917. The second-order valence-corrected chi connectivity index (χ2v) is 6.55. The number of rotatable bonds is 5. The molecule has 26 heavy (non-hydrogen) atoms. The molecule has 6 heteroatoms. The van der Waals surface area contributed by atoms with Crippen LogP contribution in [0.1, 0.15) is 29.9 Å². The van der Waals surface area contributed by atoms with Crippen molar-refractivity contribution in [3.8, 4) is 5.75 Å². The Morgan fingerprint density at radius 3 is 2.96 bits per heavy atom. The van der Waals surface area contributed by atoms with Crippen LogP contribution in [0, 0.1) is 5.82 Å². The number of aromatic nitrogens is 1. The first-order chi connectivity index (χ1) is 12.6. The Bertz CT molecular complexity index is 781. The molecule has 1 atom stereocenters. The van der Waals surface area contributed by atoms with E-state index in [2.05, 4.69) is 10.3 Å².